The predicted molar refractivity (Wildman–Crippen MR) is 113 cm³/mol. The van der Waals surface area contributed by atoms with Gasteiger partial charge in [-0.05, 0) is 31.5 Å². The normalized spacial score (nSPS) is 27.0. The van der Waals surface area contributed by atoms with Gasteiger partial charge in [0.1, 0.15) is 4.32 Å². The van der Waals surface area contributed by atoms with Crippen molar-refractivity contribution in [2.24, 2.45) is 0 Å². The van der Waals surface area contributed by atoms with Crippen molar-refractivity contribution >= 4 is 77.1 Å². The molecule has 2 saturated heterocycles. The lowest BCUT2D eigenvalue weighted by molar-refractivity contribution is -0.123. The van der Waals surface area contributed by atoms with Crippen LogP contribution in [0.2, 0.25) is 0 Å². The van der Waals surface area contributed by atoms with Crippen LogP contribution >= 0.6 is 39.9 Å². The molecule has 3 aliphatic rings. The largest absolute Gasteiger partial charge is 0.308 e. The summed E-state index contributed by atoms with van der Waals surface area (Å²) in [5, 5.41) is 0. The standard InChI is InChI=1S/C17H15BrN2O4S3/c1-2-19-12-4-3-9(18)7-11(12)13(15(19)21)14-16(22)20(17(25)26-14)10-5-6-27(23,24)8-10/h3-4,7,10H,2,5-6,8H2,1H3/b14-13-/t10-/m1/s1. The number of fused-ring (bicyclic) bond motifs is 1. The van der Waals surface area contributed by atoms with Crippen molar-refractivity contribution in [3.05, 3.63) is 33.1 Å². The van der Waals surface area contributed by atoms with Gasteiger partial charge >= 0.3 is 0 Å². The third-order valence-electron chi connectivity index (χ3n) is 4.89. The average molecular weight is 487 g/mol. The molecular formula is C17H15BrN2O4S3. The number of thioether (sulfide) groups is 1. The van der Waals surface area contributed by atoms with Crippen LogP contribution < -0.4 is 4.90 Å². The molecule has 0 bridgehead atoms. The van der Waals surface area contributed by atoms with Gasteiger partial charge in [-0.2, -0.15) is 0 Å². The van der Waals surface area contributed by atoms with Crippen LogP contribution in [0, 0.1) is 0 Å². The summed E-state index contributed by atoms with van der Waals surface area (Å²) in [6.45, 7) is 2.36. The molecule has 0 aliphatic carbocycles. The number of sulfone groups is 1. The number of anilines is 1. The highest BCUT2D eigenvalue weighted by atomic mass is 79.9. The number of rotatable bonds is 2. The first-order valence-electron chi connectivity index (χ1n) is 8.35. The van der Waals surface area contributed by atoms with Crippen molar-refractivity contribution < 1.29 is 18.0 Å². The van der Waals surface area contributed by atoms with Gasteiger partial charge in [0.25, 0.3) is 11.8 Å². The molecular weight excluding hydrogens is 472 g/mol. The van der Waals surface area contributed by atoms with Crippen LogP contribution in [0.25, 0.3) is 5.57 Å². The molecule has 142 valence electrons. The Kier molecular flexibility index (Phi) is 4.73. The first kappa shape index (κ1) is 19.1. The van der Waals surface area contributed by atoms with E-state index in [0.29, 0.717) is 28.4 Å². The summed E-state index contributed by atoms with van der Waals surface area (Å²) >= 11 is 9.87. The van der Waals surface area contributed by atoms with Crippen molar-refractivity contribution in [3.8, 4) is 0 Å². The van der Waals surface area contributed by atoms with Crippen molar-refractivity contribution in [1.82, 2.24) is 4.90 Å². The first-order valence-corrected chi connectivity index (χ1v) is 12.2. The highest BCUT2D eigenvalue weighted by Crippen LogP contribution is 2.46. The minimum Gasteiger partial charge on any atom is -0.308 e. The molecule has 10 heteroatoms. The topological polar surface area (TPSA) is 74.8 Å². The van der Waals surface area contributed by atoms with E-state index in [9.17, 15) is 18.0 Å². The maximum Gasteiger partial charge on any atom is 0.267 e. The second kappa shape index (κ2) is 6.68. The fourth-order valence-corrected chi connectivity index (χ4v) is 7.19. The number of carbonyl (C=O) groups excluding carboxylic acids is 2. The molecule has 1 aromatic rings. The molecule has 0 unspecified atom stereocenters. The van der Waals surface area contributed by atoms with Gasteiger partial charge in [-0.1, -0.05) is 39.9 Å². The maximum absolute atomic E-state index is 13.1. The van der Waals surface area contributed by atoms with Crippen LogP contribution in [0.1, 0.15) is 18.9 Å². The van der Waals surface area contributed by atoms with E-state index in [4.69, 9.17) is 12.2 Å². The Balaban J connectivity index is 1.80. The van der Waals surface area contributed by atoms with Crippen LogP contribution in [0.3, 0.4) is 0 Å². The minimum atomic E-state index is -3.15. The van der Waals surface area contributed by atoms with Crippen molar-refractivity contribution in [3.63, 3.8) is 0 Å². The summed E-state index contributed by atoms with van der Waals surface area (Å²) in [5.74, 6) is -0.637. The van der Waals surface area contributed by atoms with Gasteiger partial charge in [0, 0.05) is 16.6 Å². The summed E-state index contributed by atoms with van der Waals surface area (Å²) in [7, 11) is -3.15. The Bertz CT molecular complexity index is 1030. The molecule has 0 saturated carbocycles. The molecule has 3 aliphatic heterocycles. The van der Waals surface area contributed by atoms with Crippen LogP contribution in [0.15, 0.2) is 27.6 Å². The molecule has 4 rings (SSSR count). The lowest BCUT2D eigenvalue weighted by Gasteiger charge is -2.21. The molecule has 2 fully saturated rings. The molecule has 0 spiro atoms. The van der Waals surface area contributed by atoms with E-state index in [-0.39, 0.29) is 28.2 Å². The van der Waals surface area contributed by atoms with Crippen LogP contribution in [-0.2, 0) is 19.4 Å². The summed E-state index contributed by atoms with van der Waals surface area (Å²) in [5.41, 5.74) is 1.79. The molecule has 0 radical (unpaired) electrons. The van der Waals surface area contributed by atoms with Gasteiger partial charge < -0.3 is 4.90 Å². The minimum absolute atomic E-state index is 0.0545. The number of nitrogens with zero attached hydrogens (tertiary/aromatic N) is 2. The number of benzene rings is 1. The smallest absolute Gasteiger partial charge is 0.267 e. The molecule has 0 N–H and O–H groups in total. The Morgan fingerprint density at radius 3 is 2.67 bits per heavy atom. The summed E-state index contributed by atoms with van der Waals surface area (Å²) in [6.07, 6.45) is 0.370. The Hall–Kier alpha value is -1.23. The van der Waals surface area contributed by atoms with Crippen molar-refractivity contribution in [2.45, 2.75) is 19.4 Å². The van der Waals surface area contributed by atoms with Crippen LogP contribution in [0.5, 0.6) is 0 Å². The number of hydrogen-bond acceptors (Lipinski definition) is 6. The van der Waals surface area contributed by atoms with E-state index in [1.807, 2.05) is 25.1 Å². The van der Waals surface area contributed by atoms with Gasteiger partial charge in [-0.3, -0.25) is 14.5 Å². The third kappa shape index (κ3) is 3.06. The SMILES string of the molecule is CCN1C(=O)/C(=C2\SC(=S)N([C@@H]3CCS(=O)(=O)C3)C2=O)c2cc(Br)ccc21. The number of carbonyl (C=O) groups is 2. The molecule has 1 aromatic carbocycles. The summed E-state index contributed by atoms with van der Waals surface area (Å²) in [6, 6.07) is 5.07. The van der Waals surface area contributed by atoms with E-state index < -0.39 is 15.9 Å². The predicted octanol–water partition coefficient (Wildman–Crippen LogP) is 2.57. The number of halogens is 1. The second-order valence-corrected chi connectivity index (χ2v) is 11.3. The van der Waals surface area contributed by atoms with Crippen LogP contribution in [-0.4, -0.2) is 53.5 Å². The zero-order chi connectivity index (χ0) is 19.5. The van der Waals surface area contributed by atoms with Gasteiger partial charge in [0.05, 0.1) is 33.7 Å². The van der Waals surface area contributed by atoms with E-state index in [0.717, 1.165) is 21.9 Å². The number of hydrogen-bond donors (Lipinski definition) is 0. The zero-order valence-corrected chi connectivity index (χ0v) is 18.3. The summed E-state index contributed by atoms with van der Waals surface area (Å²) in [4.78, 5) is 29.4. The van der Waals surface area contributed by atoms with Gasteiger partial charge in [-0.25, -0.2) is 8.42 Å². The van der Waals surface area contributed by atoms with Crippen molar-refractivity contribution in [1.29, 1.82) is 0 Å². The monoisotopic (exact) mass is 486 g/mol. The fourth-order valence-electron chi connectivity index (χ4n) is 3.66. The fraction of sp³-hybridized carbons (Fsp3) is 0.353. The highest BCUT2D eigenvalue weighted by molar-refractivity contribution is 9.10. The molecule has 3 heterocycles. The zero-order valence-electron chi connectivity index (χ0n) is 14.3. The van der Waals surface area contributed by atoms with Gasteiger partial charge in [0.2, 0.25) is 0 Å². The molecule has 6 nitrogen and oxygen atoms in total. The average Bonchev–Trinajstić information content (AvgIpc) is 3.18. The number of amides is 2. The first-order chi connectivity index (χ1) is 12.7. The molecule has 1 atom stereocenters. The van der Waals surface area contributed by atoms with E-state index in [2.05, 4.69) is 15.9 Å². The van der Waals surface area contributed by atoms with E-state index in [1.54, 1.807) is 4.90 Å². The maximum atomic E-state index is 13.1. The summed E-state index contributed by atoms with van der Waals surface area (Å²) < 4.78 is 24.8. The molecule has 2 amide bonds. The lowest BCUT2D eigenvalue weighted by atomic mass is 10.1. The van der Waals surface area contributed by atoms with E-state index >= 15 is 0 Å². The van der Waals surface area contributed by atoms with Crippen LogP contribution in [0.4, 0.5) is 5.69 Å². The molecule has 27 heavy (non-hydrogen) atoms. The van der Waals surface area contributed by atoms with Gasteiger partial charge in [-0.15, -0.1) is 0 Å². The van der Waals surface area contributed by atoms with Gasteiger partial charge in [0.15, 0.2) is 9.84 Å². The Labute approximate surface area is 175 Å². The lowest BCUT2D eigenvalue weighted by Crippen LogP contribution is -2.39. The number of thiocarbonyl (C=S) groups is 1. The quantitative estimate of drug-likeness (QED) is 0.472. The molecule has 0 aromatic heterocycles. The van der Waals surface area contributed by atoms with Crippen molar-refractivity contribution in [2.75, 3.05) is 23.0 Å². The third-order valence-corrected chi connectivity index (χ3v) is 8.54. The Morgan fingerprint density at radius 2 is 2.04 bits per heavy atom. The second-order valence-electron chi connectivity index (χ2n) is 6.51. The Morgan fingerprint density at radius 1 is 1.30 bits per heavy atom. The number of likely N-dealkylation sites (N-methyl/N-ethyl adjacent to an activating group) is 1. The van der Waals surface area contributed by atoms with E-state index in [1.165, 1.54) is 4.90 Å². The highest BCUT2D eigenvalue weighted by Gasteiger charge is 2.46.